The van der Waals surface area contributed by atoms with E-state index in [1.807, 2.05) is 6.92 Å². The van der Waals surface area contributed by atoms with E-state index in [1.54, 1.807) is 44.6 Å². The molecule has 31 heavy (non-hydrogen) atoms. The first-order chi connectivity index (χ1) is 14.9. The fourth-order valence-corrected chi connectivity index (χ4v) is 3.58. The molecule has 3 aromatic rings. The number of ether oxygens (including phenoxy) is 2. The van der Waals surface area contributed by atoms with E-state index in [0.29, 0.717) is 35.6 Å². The van der Waals surface area contributed by atoms with E-state index in [-0.39, 0.29) is 11.7 Å². The molecule has 1 amide bonds. The minimum Gasteiger partial charge on any atom is -0.486 e. The highest BCUT2D eigenvalue weighted by Crippen LogP contribution is 2.30. The van der Waals surface area contributed by atoms with Gasteiger partial charge in [-0.25, -0.2) is 9.37 Å². The molecule has 0 N–H and O–H groups in total. The van der Waals surface area contributed by atoms with Crippen LogP contribution in [0.4, 0.5) is 10.2 Å². The molecule has 1 fully saturated rings. The molecule has 7 nitrogen and oxygen atoms in total. The van der Waals surface area contributed by atoms with Gasteiger partial charge in [-0.2, -0.15) is 0 Å². The van der Waals surface area contributed by atoms with Crippen molar-refractivity contribution < 1.29 is 18.7 Å². The molecular weight excluding hydrogens is 399 g/mol. The molecule has 2 heterocycles. The molecule has 1 unspecified atom stereocenters. The van der Waals surface area contributed by atoms with Gasteiger partial charge in [0.1, 0.15) is 23.5 Å². The van der Waals surface area contributed by atoms with Gasteiger partial charge in [-0.05, 0) is 31.2 Å². The van der Waals surface area contributed by atoms with Crippen LogP contribution in [-0.2, 0) is 4.74 Å². The number of hydrogen-bond donors (Lipinski definition) is 0. The molecule has 0 saturated carbocycles. The van der Waals surface area contributed by atoms with Gasteiger partial charge in [0.15, 0.2) is 0 Å². The number of anilines is 1. The number of carbonyl (C=O) groups is 1. The fraction of sp³-hybridized carbons (Fsp3) is 0.348. The molecule has 1 aliphatic rings. The Morgan fingerprint density at radius 2 is 2.00 bits per heavy atom. The average molecular weight is 424 g/mol. The SMILES string of the molecule is CC(Oc1cccc(F)c1)c1cc(C(=O)N(C)C)cc2ncc(N3CCOCC3)nc12. The topological polar surface area (TPSA) is 67.8 Å². The minimum atomic E-state index is -0.478. The molecule has 1 atom stereocenters. The second-order valence-electron chi connectivity index (χ2n) is 7.68. The van der Waals surface area contributed by atoms with Crippen molar-refractivity contribution in [2.24, 2.45) is 0 Å². The van der Waals surface area contributed by atoms with E-state index in [2.05, 4.69) is 9.88 Å². The third-order valence-electron chi connectivity index (χ3n) is 5.20. The lowest BCUT2D eigenvalue weighted by molar-refractivity contribution is 0.0827. The molecule has 1 aromatic heterocycles. The number of morpholine rings is 1. The van der Waals surface area contributed by atoms with Gasteiger partial charge >= 0.3 is 0 Å². The van der Waals surface area contributed by atoms with Gasteiger partial charge in [-0.1, -0.05) is 6.07 Å². The fourth-order valence-electron chi connectivity index (χ4n) is 3.58. The molecule has 4 rings (SSSR count). The van der Waals surface area contributed by atoms with Gasteiger partial charge in [-0.3, -0.25) is 9.78 Å². The summed E-state index contributed by atoms with van der Waals surface area (Å²) in [5.41, 5.74) is 2.47. The molecule has 0 radical (unpaired) electrons. The van der Waals surface area contributed by atoms with Crippen LogP contribution in [0.3, 0.4) is 0 Å². The van der Waals surface area contributed by atoms with Crippen molar-refractivity contribution in [3.8, 4) is 5.75 Å². The van der Waals surface area contributed by atoms with Gasteiger partial charge in [0.05, 0.1) is 30.4 Å². The molecule has 162 valence electrons. The van der Waals surface area contributed by atoms with Crippen molar-refractivity contribution in [2.75, 3.05) is 45.3 Å². The van der Waals surface area contributed by atoms with Crippen LogP contribution in [0.5, 0.6) is 5.75 Å². The zero-order valence-corrected chi connectivity index (χ0v) is 17.8. The first kappa shape index (κ1) is 21.0. The molecule has 1 saturated heterocycles. The number of halogens is 1. The average Bonchev–Trinajstić information content (AvgIpc) is 2.78. The first-order valence-electron chi connectivity index (χ1n) is 10.2. The molecule has 8 heteroatoms. The lowest BCUT2D eigenvalue weighted by Crippen LogP contribution is -2.36. The summed E-state index contributed by atoms with van der Waals surface area (Å²) in [5.74, 6) is 0.643. The second kappa shape index (κ2) is 8.85. The summed E-state index contributed by atoms with van der Waals surface area (Å²) >= 11 is 0. The lowest BCUT2D eigenvalue weighted by atomic mass is 10.0. The van der Waals surface area contributed by atoms with Gasteiger partial charge in [0, 0.05) is 44.4 Å². The summed E-state index contributed by atoms with van der Waals surface area (Å²) in [5, 5.41) is 0. The summed E-state index contributed by atoms with van der Waals surface area (Å²) in [6, 6.07) is 9.51. The summed E-state index contributed by atoms with van der Waals surface area (Å²) in [6.45, 7) is 4.61. The van der Waals surface area contributed by atoms with E-state index >= 15 is 0 Å². The van der Waals surface area contributed by atoms with E-state index < -0.39 is 6.10 Å². The third kappa shape index (κ3) is 4.59. The van der Waals surface area contributed by atoms with Crippen molar-refractivity contribution >= 4 is 22.8 Å². The van der Waals surface area contributed by atoms with E-state index in [0.717, 1.165) is 24.5 Å². The Balaban J connectivity index is 1.78. The maximum atomic E-state index is 13.6. The first-order valence-corrected chi connectivity index (χ1v) is 10.2. The van der Waals surface area contributed by atoms with Crippen molar-refractivity contribution in [2.45, 2.75) is 13.0 Å². The normalized spacial score (nSPS) is 15.0. The maximum Gasteiger partial charge on any atom is 0.253 e. The van der Waals surface area contributed by atoms with Crippen molar-refractivity contribution in [3.63, 3.8) is 0 Å². The van der Waals surface area contributed by atoms with Crippen LogP contribution in [0.1, 0.15) is 28.9 Å². The number of nitrogens with zero attached hydrogens (tertiary/aromatic N) is 4. The van der Waals surface area contributed by atoms with E-state index in [9.17, 15) is 9.18 Å². The van der Waals surface area contributed by atoms with E-state index in [4.69, 9.17) is 14.5 Å². The summed E-state index contributed by atoms with van der Waals surface area (Å²) in [4.78, 5) is 25.7. The van der Waals surface area contributed by atoms with Crippen LogP contribution in [0, 0.1) is 5.82 Å². The Hall–Kier alpha value is -3.26. The van der Waals surface area contributed by atoms with Crippen LogP contribution in [0.2, 0.25) is 0 Å². The number of hydrogen-bond acceptors (Lipinski definition) is 6. The molecule has 0 aliphatic carbocycles. The summed E-state index contributed by atoms with van der Waals surface area (Å²) in [7, 11) is 3.40. The van der Waals surface area contributed by atoms with Gasteiger partial charge in [0.2, 0.25) is 0 Å². The standard InChI is InChI=1S/C23H25FN4O3/c1-15(31-18-6-4-5-17(24)13-18)19-11-16(23(29)27(2)3)12-20-22(19)26-21(14-25-20)28-7-9-30-10-8-28/h4-6,11-15H,7-10H2,1-3H3. The highest BCUT2D eigenvalue weighted by Gasteiger charge is 2.21. The molecule has 0 bridgehead atoms. The minimum absolute atomic E-state index is 0.139. The highest BCUT2D eigenvalue weighted by atomic mass is 19.1. The Morgan fingerprint density at radius 1 is 1.23 bits per heavy atom. The second-order valence-corrected chi connectivity index (χ2v) is 7.68. The number of carbonyl (C=O) groups excluding carboxylic acids is 1. The highest BCUT2D eigenvalue weighted by molar-refractivity contribution is 5.98. The zero-order valence-electron chi connectivity index (χ0n) is 17.8. The smallest absolute Gasteiger partial charge is 0.253 e. The molecular formula is C23H25FN4O3. The predicted octanol–water partition coefficient (Wildman–Crippen LogP) is 3.45. The van der Waals surface area contributed by atoms with Crippen LogP contribution >= 0.6 is 0 Å². The summed E-state index contributed by atoms with van der Waals surface area (Å²) < 4.78 is 25.1. The lowest BCUT2D eigenvalue weighted by Gasteiger charge is -2.28. The Kier molecular flexibility index (Phi) is 5.99. The number of rotatable bonds is 5. The van der Waals surface area contributed by atoms with Gasteiger partial charge < -0.3 is 19.3 Å². The van der Waals surface area contributed by atoms with Crippen molar-refractivity contribution in [3.05, 3.63) is 59.5 Å². The zero-order chi connectivity index (χ0) is 22.0. The summed E-state index contributed by atoms with van der Waals surface area (Å²) in [6.07, 6.45) is 1.24. The Bertz CT molecular complexity index is 1100. The Morgan fingerprint density at radius 3 is 2.71 bits per heavy atom. The number of benzene rings is 2. The van der Waals surface area contributed by atoms with Crippen molar-refractivity contribution in [1.29, 1.82) is 0 Å². The van der Waals surface area contributed by atoms with Crippen LogP contribution in [-0.4, -0.2) is 61.2 Å². The molecule has 0 spiro atoms. The number of amides is 1. The van der Waals surface area contributed by atoms with Crippen molar-refractivity contribution in [1.82, 2.24) is 14.9 Å². The van der Waals surface area contributed by atoms with Gasteiger partial charge in [-0.15, -0.1) is 0 Å². The monoisotopic (exact) mass is 424 g/mol. The molecule has 2 aromatic carbocycles. The number of aromatic nitrogens is 2. The van der Waals surface area contributed by atoms with Crippen LogP contribution < -0.4 is 9.64 Å². The largest absolute Gasteiger partial charge is 0.486 e. The quantitative estimate of drug-likeness (QED) is 0.625. The Labute approximate surface area is 180 Å². The maximum absolute atomic E-state index is 13.6. The van der Waals surface area contributed by atoms with Gasteiger partial charge in [0.25, 0.3) is 5.91 Å². The third-order valence-corrected chi connectivity index (χ3v) is 5.20. The van der Waals surface area contributed by atoms with Crippen LogP contribution in [0.15, 0.2) is 42.6 Å². The predicted molar refractivity (Wildman–Crippen MR) is 116 cm³/mol. The van der Waals surface area contributed by atoms with E-state index in [1.165, 1.54) is 17.0 Å². The molecule has 1 aliphatic heterocycles. The number of fused-ring (bicyclic) bond motifs is 1. The van der Waals surface area contributed by atoms with Crippen LogP contribution in [0.25, 0.3) is 11.0 Å².